The molecule has 1 unspecified atom stereocenters. The summed E-state index contributed by atoms with van der Waals surface area (Å²) in [6, 6.07) is 6.63. The van der Waals surface area contributed by atoms with Crippen molar-refractivity contribution in [2.45, 2.75) is 45.2 Å². The first-order valence-electron chi connectivity index (χ1n) is 6.25. The van der Waals surface area contributed by atoms with E-state index < -0.39 is 0 Å². The Balaban J connectivity index is 2.02. The number of nitrogens with two attached hydrogens (primary N) is 1. The SMILES string of the molecule is CCC1CCCCN1Cc1cccc(N)n1. The van der Waals surface area contributed by atoms with Gasteiger partial charge in [0.15, 0.2) is 0 Å². The molecule has 0 saturated carbocycles. The highest BCUT2D eigenvalue weighted by molar-refractivity contribution is 5.28. The zero-order valence-electron chi connectivity index (χ0n) is 10.0. The lowest BCUT2D eigenvalue weighted by Crippen LogP contribution is -2.38. The monoisotopic (exact) mass is 219 g/mol. The first-order valence-corrected chi connectivity index (χ1v) is 6.25. The summed E-state index contributed by atoms with van der Waals surface area (Å²) in [5, 5.41) is 0. The van der Waals surface area contributed by atoms with Crippen LogP contribution in [0.25, 0.3) is 0 Å². The molecule has 1 aliphatic heterocycles. The number of piperidine rings is 1. The lowest BCUT2D eigenvalue weighted by atomic mass is 10.00. The van der Waals surface area contributed by atoms with Crippen LogP contribution >= 0.6 is 0 Å². The van der Waals surface area contributed by atoms with E-state index in [1.54, 1.807) is 0 Å². The second-order valence-corrected chi connectivity index (χ2v) is 4.58. The van der Waals surface area contributed by atoms with E-state index in [4.69, 9.17) is 5.73 Å². The Hall–Kier alpha value is -1.09. The summed E-state index contributed by atoms with van der Waals surface area (Å²) in [5.74, 6) is 0.627. The Kier molecular flexibility index (Phi) is 3.78. The highest BCUT2D eigenvalue weighted by atomic mass is 15.2. The molecule has 88 valence electrons. The average molecular weight is 219 g/mol. The first-order chi connectivity index (χ1) is 7.79. The molecule has 0 aliphatic carbocycles. The molecule has 3 nitrogen and oxygen atoms in total. The maximum Gasteiger partial charge on any atom is 0.123 e. The predicted octanol–water partition coefficient (Wildman–Crippen LogP) is 2.43. The van der Waals surface area contributed by atoms with Gasteiger partial charge in [-0.3, -0.25) is 4.90 Å². The molecule has 0 bridgehead atoms. The van der Waals surface area contributed by atoms with Crippen molar-refractivity contribution in [3.63, 3.8) is 0 Å². The molecule has 0 spiro atoms. The van der Waals surface area contributed by atoms with Crippen molar-refractivity contribution in [1.82, 2.24) is 9.88 Å². The van der Waals surface area contributed by atoms with Crippen LogP contribution in [0.5, 0.6) is 0 Å². The Morgan fingerprint density at radius 3 is 3.06 bits per heavy atom. The normalized spacial score (nSPS) is 22.2. The molecule has 0 amide bonds. The van der Waals surface area contributed by atoms with Gasteiger partial charge in [0.2, 0.25) is 0 Å². The summed E-state index contributed by atoms with van der Waals surface area (Å²) in [6.07, 6.45) is 5.26. The molecule has 2 N–H and O–H groups in total. The quantitative estimate of drug-likeness (QED) is 0.849. The van der Waals surface area contributed by atoms with E-state index in [0.29, 0.717) is 5.82 Å². The van der Waals surface area contributed by atoms with Gasteiger partial charge in [-0.05, 0) is 37.9 Å². The van der Waals surface area contributed by atoms with Gasteiger partial charge in [0.1, 0.15) is 5.82 Å². The third-order valence-corrected chi connectivity index (χ3v) is 3.41. The van der Waals surface area contributed by atoms with Gasteiger partial charge in [-0.1, -0.05) is 19.4 Å². The van der Waals surface area contributed by atoms with E-state index in [0.717, 1.165) is 18.3 Å². The molecule has 2 heterocycles. The first kappa shape index (κ1) is 11.4. The van der Waals surface area contributed by atoms with Crippen LogP contribution < -0.4 is 5.73 Å². The second kappa shape index (κ2) is 5.30. The summed E-state index contributed by atoms with van der Waals surface area (Å²) in [6.45, 7) is 4.42. The van der Waals surface area contributed by atoms with Crippen LogP contribution in [0.3, 0.4) is 0 Å². The third-order valence-electron chi connectivity index (χ3n) is 3.41. The van der Waals surface area contributed by atoms with Crippen molar-refractivity contribution in [2.24, 2.45) is 0 Å². The molecule has 16 heavy (non-hydrogen) atoms. The molecule has 2 rings (SSSR count). The molecule has 0 aromatic carbocycles. The molecule has 0 radical (unpaired) electrons. The molecule has 3 heteroatoms. The van der Waals surface area contributed by atoms with Crippen molar-refractivity contribution in [3.8, 4) is 0 Å². The molecule has 1 aliphatic rings. The van der Waals surface area contributed by atoms with E-state index in [-0.39, 0.29) is 0 Å². The van der Waals surface area contributed by atoms with Crippen LogP contribution in [-0.2, 0) is 6.54 Å². The van der Waals surface area contributed by atoms with Gasteiger partial charge >= 0.3 is 0 Å². The van der Waals surface area contributed by atoms with Gasteiger partial charge in [0.25, 0.3) is 0 Å². The third kappa shape index (κ3) is 2.73. The molecular weight excluding hydrogens is 198 g/mol. The highest BCUT2D eigenvalue weighted by Gasteiger charge is 2.20. The van der Waals surface area contributed by atoms with Crippen LogP contribution in [0.4, 0.5) is 5.82 Å². The number of likely N-dealkylation sites (tertiary alicyclic amines) is 1. The minimum absolute atomic E-state index is 0.627. The van der Waals surface area contributed by atoms with Crippen LogP contribution in [0.2, 0.25) is 0 Å². The number of pyridine rings is 1. The fraction of sp³-hybridized carbons (Fsp3) is 0.615. The van der Waals surface area contributed by atoms with E-state index in [2.05, 4.69) is 22.9 Å². The lowest BCUT2D eigenvalue weighted by molar-refractivity contribution is 0.134. The van der Waals surface area contributed by atoms with Crippen molar-refractivity contribution >= 4 is 5.82 Å². The molecule has 1 aromatic rings. The lowest BCUT2D eigenvalue weighted by Gasteiger charge is -2.34. The minimum atomic E-state index is 0.627. The molecule has 1 aromatic heterocycles. The smallest absolute Gasteiger partial charge is 0.123 e. The van der Waals surface area contributed by atoms with Gasteiger partial charge in [0.05, 0.1) is 5.69 Å². The minimum Gasteiger partial charge on any atom is -0.384 e. The fourth-order valence-corrected chi connectivity index (χ4v) is 2.52. The van der Waals surface area contributed by atoms with Gasteiger partial charge in [-0.2, -0.15) is 0 Å². The van der Waals surface area contributed by atoms with E-state index in [1.165, 1.54) is 32.2 Å². The van der Waals surface area contributed by atoms with Crippen molar-refractivity contribution < 1.29 is 0 Å². The van der Waals surface area contributed by atoms with Gasteiger partial charge in [-0.15, -0.1) is 0 Å². The Morgan fingerprint density at radius 1 is 1.44 bits per heavy atom. The number of rotatable bonds is 3. The Morgan fingerprint density at radius 2 is 2.31 bits per heavy atom. The standard InChI is InChI=1S/C13H21N3/c1-2-12-7-3-4-9-16(12)10-11-6-5-8-13(14)15-11/h5-6,8,12H,2-4,7,9-10H2,1H3,(H2,14,15). The number of hydrogen-bond donors (Lipinski definition) is 1. The zero-order valence-corrected chi connectivity index (χ0v) is 10.0. The number of nitrogens with zero attached hydrogens (tertiary/aromatic N) is 2. The average Bonchev–Trinajstić information content (AvgIpc) is 2.30. The Labute approximate surface area is 97.7 Å². The number of anilines is 1. The largest absolute Gasteiger partial charge is 0.384 e. The molecule has 1 saturated heterocycles. The maximum absolute atomic E-state index is 5.70. The number of nitrogen functional groups attached to an aromatic ring is 1. The summed E-state index contributed by atoms with van der Waals surface area (Å²) in [7, 11) is 0. The van der Waals surface area contributed by atoms with Gasteiger partial charge in [-0.25, -0.2) is 4.98 Å². The second-order valence-electron chi connectivity index (χ2n) is 4.58. The molecule has 1 atom stereocenters. The van der Waals surface area contributed by atoms with E-state index in [1.807, 2.05) is 12.1 Å². The van der Waals surface area contributed by atoms with Crippen LogP contribution in [0.15, 0.2) is 18.2 Å². The molecular formula is C13H21N3. The predicted molar refractivity (Wildman–Crippen MR) is 67.0 cm³/mol. The van der Waals surface area contributed by atoms with Crippen LogP contribution in [-0.4, -0.2) is 22.5 Å². The topological polar surface area (TPSA) is 42.1 Å². The van der Waals surface area contributed by atoms with Crippen LogP contribution in [0.1, 0.15) is 38.3 Å². The summed E-state index contributed by atoms with van der Waals surface area (Å²) >= 11 is 0. The van der Waals surface area contributed by atoms with Crippen molar-refractivity contribution in [2.75, 3.05) is 12.3 Å². The highest BCUT2D eigenvalue weighted by Crippen LogP contribution is 2.21. The maximum atomic E-state index is 5.70. The number of hydrogen-bond acceptors (Lipinski definition) is 3. The zero-order chi connectivity index (χ0) is 11.4. The van der Waals surface area contributed by atoms with Gasteiger partial charge in [0, 0.05) is 12.6 Å². The summed E-state index contributed by atoms with van der Waals surface area (Å²) < 4.78 is 0. The van der Waals surface area contributed by atoms with Crippen molar-refractivity contribution in [3.05, 3.63) is 23.9 Å². The number of aromatic nitrogens is 1. The summed E-state index contributed by atoms with van der Waals surface area (Å²) in [4.78, 5) is 6.92. The fourth-order valence-electron chi connectivity index (χ4n) is 2.52. The summed E-state index contributed by atoms with van der Waals surface area (Å²) in [5.41, 5.74) is 6.80. The van der Waals surface area contributed by atoms with Gasteiger partial charge < -0.3 is 5.73 Å². The van der Waals surface area contributed by atoms with Crippen LogP contribution in [0, 0.1) is 0 Å². The van der Waals surface area contributed by atoms with E-state index >= 15 is 0 Å². The van der Waals surface area contributed by atoms with E-state index in [9.17, 15) is 0 Å². The molecule has 1 fully saturated rings. The Bertz CT molecular complexity index is 338. The van der Waals surface area contributed by atoms with Crippen molar-refractivity contribution in [1.29, 1.82) is 0 Å².